The van der Waals surface area contributed by atoms with Gasteiger partial charge in [-0.2, -0.15) is 0 Å². The Hall–Kier alpha value is 0.270. The summed E-state index contributed by atoms with van der Waals surface area (Å²) in [5.74, 6) is 0. The molecule has 1 aliphatic carbocycles. The van der Waals surface area contributed by atoms with E-state index in [0.717, 1.165) is 13.2 Å². The van der Waals surface area contributed by atoms with Gasteiger partial charge in [-0.1, -0.05) is 6.42 Å². The maximum absolute atomic E-state index is 4.92. The highest BCUT2D eigenvalue weighted by Crippen LogP contribution is 2.41. The molecule has 1 saturated carbocycles. The SMILES string of the molecule is CN(C)CC1(COS)CCC1. The van der Waals surface area contributed by atoms with Gasteiger partial charge in [0.15, 0.2) is 0 Å². The first-order chi connectivity index (χ1) is 5.18. The van der Waals surface area contributed by atoms with Crippen molar-refractivity contribution in [3.63, 3.8) is 0 Å². The second-order valence-electron chi connectivity index (χ2n) is 3.86. The second kappa shape index (κ2) is 3.78. The summed E-state index contributed by atoms with van der Waals surface area (Å²) < 4.78 is 4.92. The van der Waals surface area contributed by atoms with Crippen LogP contribution in [0.5, 0.6) is 0 Å². The van der Waals surface area contributed by atoms with Crippen molar-refractivity contribution in [1.29, 1.82) is 0 Å². The van der Waals surface area contributed by atoms with Crippen molar-refractivity contribution in [2.45, 2.75) is 19.3 Å². The lowest BCUT2D eigenvalue weighted by Crippen LogP contribution is -2.42. The molecule has 0 heterocycles. The standard InChI is InChI=1S/C8H17NOS/c1-9(2)6-8(7-10-11)4-3-5-8/h11H,3-7H2,1-2H3. The molecule has 0 atom stereocenters. The minimum atomic E-state index is 0.422. The lowest BCUT2D eigenvalue weighted by atomic mass is 9.69. The van der Waals surface area contributed by atoms with E-state index in [-0.39, 0.29) is 0 Å². The smallest absolute Gasteiger partial charge is 0.0679 e. The summed E-state index contributed by atoms with van der Waals surface area (Å²) in [5, 5.41) is 0. The van der Waals surface area contributed by atoms with Gasteiger partial charge in [-0.05, 0) is 39.8 Å². The zero-order valence-electron chi connectivity index (χ0n) is 7.34. The first kappa shape index (κ1) is 9.36. The molecule has 0 aliphatic heterocycles. The van der Waals surface area contributed by atoms with Crippen molar-refractivity contribution >= 4 is 12.9 Å². The predicted octanol–water partition coefficient (Wildman–Crippen LogP) is 1.58. The Labute approximate surface area is 74.5 Å². The van der Waals surface area contributed by atoms with Gasteiger partial charge >= 0.3 is 0 Å². The van der Waals surface area contributed by atoms with E-state index >= 15 is 0 Å². The second-order valence-corrected chi connectivity index (χ2v) is 4.12. The van der Waals surface area contributed by atoms with Crippen LogP contribution in [-0.2, 0) is 4.18 Å². The predicted molar refractivity (Wildman–Crippen MR) is 49.8 cm³/mol. The molecule has 0 aromatic heterocycles. The molecule has 11 heavy (non-hydrogen) atoms. The van der Waals surface area contributed by atoms with E-state index in [4.69, 9.17) is 4.18 Å². The molecule has 1 fully saturated rings. The molecular formula is C8H17NOS. The van der Waals surface area contributed by atoms with Crippen LogP contribution < -0.4 is 0 Å². The van der Waals surface area contributed by atoms with E-state index in [1.165, 1.54) is 19.3 Å². The van der Waals surface area contributed by atoms with Crippen LogP contribution in [0.4, 0.5) is 0 Å². The molecule has 0 radical (unpaired) electrons. The molecule has 0 aromatic carbocycles. The van der Waals surface area contributed by atoms with Gasteiger partial charge in [0.25, 0.3) is 0 Å². The van der Waals surface area contributed by atoms with Crippen molar-refractivity contribution in [3.8, 4) is 0 Å². The highest BCUT2D eigenvalue weighted by Gasteiger charge is 2.37. The van der Waals surface area contributed by atoms with Crippen LogP contribution in [0.15, 0.2) is 0 Å². The van der Waals surface area contributed by atoms with Gasteiger partial charge in [-0.3, -0.25) is 0 Å². The molecule has 0 N–H and O–H groups in total. The van der Waals surface area contributed by atoms with Crippen LogP contribution in [0.3, 0.4) is 0 Å². The van der Waals surface area contributed by atoms with E-state index in [1.807, 2.05) is 0 Å². The van der Waals surface area contributed by atoms with Crippen LogP contribution in [0.25, 0.3) is 0 Å². The quantitative estimate of drug-likeness (QED) is 0.514. The summed E-state index contributed by atoms with van der Waals surface area (Å²) >= 11 is 3.81. The molecule has 2 nitrogen and oxygen atoms in total. The number of hydrogen-bond acceptors (Lipinski definition) is 3. The fraction of sp³-hybridized carbons (Fsp3) is 1.00. The maximum atomic E-state index is 4.92. The zero-order valence-corrected chi connectivity index (χ0v) is 8.23. The Morgan fingerprint density at radius 2 is 2.09 bits per heavy atom. The third-order valence-corrected chi connectivity index (χ3v) is 2.57. The molecule has 0 bridgehead atoms. The third kappa shape index (κ3) is 2.36. The third-order valence-electron chi connectivity index (χ3n) is 2.44. The summed E-state index contributed by atoms with van der Waals surface area (Å²) in [6.07, 6.45) is 3.95. The number of nitrogens with zero attached hydrogens (tertiary/aromatic N) is 1. The van der Waals surface area contributed by atoms with E-state index in [2.05, 4.69) is 31.9 Å². The monoisotopic (exact) mass is 175 g/mol. The van der Waals surface area contributed by atoms with E-state index in [1.54, 1.807) is 0 Å². The maximum Gasteiger partial charge on any atom is 0.0679 e. The van der Waals surface area contributed by atoms with Crippen LogP contribution >= 0.6 is 12.9 Å². The Balaban J connectivity index is 2.33. The van der Waals surface area contributed by atoms with E-state index in [0.29, 0.717) is 5.41 Å². The van der Waals surface area contributed by atoms with Gasteiger partial charge in [-0.25, -0.2) is 0 Å². The average Bonchev–Trinajstić information content (AvgIpc) is 1.82. The van der Waals surface area contributed by atoms with Gasteiger partial charge in [0, 0.05) is 12.0 Å². The lowest BCUT2D eigenvalue weighted by molar-refractivity contribution is 0.0409. The zero-order chi connectivity index (χ0) is 8.32. The van der Waals surface area contributed by atoms with Crippen LogP contribution in [0.1, 0.15) is 19.3 Å². The molecule has 0 spiro atoms. The van der Waals surface area contributed by atoms with Crippen molar-refractivity contribution in [2.75, 3.05) is 27.2 Å². The molecule has 1 aliphatic rings. The Morgan fingerprint density at radius 1 is 1.45 bits per heavy atom. The fourth-order valence-corrected chi connectivity index (χ4v) is 2.11. The Bertz CT molecular complexity index is 123. The van der Waals surface area contributed by atoms with Crippen molar-refractivity contribution < 1.29 is 4.18 Å². The topological polar surface area (TPSA) is 12.5 Å². The molecule has 0 saturated heterocycles. The molecule has 0 unspecified atom stereocenters. The average molecular weight is 175 g/mol. The Kier molecular flexibility index (Phi) is 3.22. The summed E-state index contributed by atoms with van der Waals surface area (Å²) in [7, 11) is 4.22. The van der Waals surface area contributed by atoms with Crippen molar-refractivity contribution in [2.24, 2.45) is 5.41 Å². The van der Waals surface area contributed by atoms with Gasteiger partial charge in [0.1, 0.15) is 0 Å². The molecule has 66 valence electrons. The minimum Gasteiger partial charge on any atom is -0.318 e. The van der Waals surface area contributed by atoms with Gasteiger partial charge in [0.05, 0.1) is 6.61 Å². The van der Waals surface area contributed by atoms with Crippen LogP contribution in [0, 0.1) is 5.41 Å². The first-order valence-corrected chi connectivity index (χ1v) is 4.46. The van der Waals surface area contributed by atoms with Crippen LogP contribution in [-0.4, -0.2) is 32.1 Å². The van der Waals surface area contributed by atoms with Crippen molar-refractivity contribution in [3.05, 3.63) is 0 Å². The fourth-order valence-electron chi connectivity index (χ4n) is 1.83. The number of hydrogen-bond donors (Lipinski definition) is 1. The lowest BCUT2D eigenvalue weighted by Gasteiger charge is -2.42. The normalized spacial score (nSPS) is 21.8. The summed E-state index contributed by atoms with van der Waals surface area (Å²) in [5.41, 5.74) is 0.422. The summed E-state index contributed by atoms with van der Waals surface area (Å²) in [6, 6.07) is 0. The van der Waals surface area contributed by atoms with Gasteiger partial charge < -0.3 is 9.08 Å². The molecule has 1 rings (SSSR count). The van der Waals surface area contributed by atoms with Gasteiger partial charge in [0.2, 0.25) is 0 Å². The molecule has 0 aromatic rings. The molecule has 3 heteroatoms. The number of thiol groups is 1. The van der Waals surface area contributed by atoms with E-state index < -0.39 is 0 Å². The Morgan fingerprint density at radius 3 is 2.36 bits per heavy atom. The summed E-state index contributed by atoms with van der Waals surface area (Å²) in [6.45, 7) is 1.93. The highest BCUT2D eigenvalue weighted by atomic mass is 32.1. The first-order valence-electron chi connectivity index (χ1n) is 4.10. The number of rotatable bonds is 4. The van der Waals surface area contributed by atoms with Crippen molar-refractivity contribution in [1.82, 2.24) is 4.90 Å². The van der Waals surface area contributed by atoms with Gasteiger partial charge in [-0.15, -0.1) is 0 Å². The molecule has 0 amide bonds. The minimum absolute atomic E-state index is 0.422. The largest absolute Gasteiger partial charge is 0.318 e. The van der Waals surface area contributed by atoms with Crippen LogP contribution in [0.2, 0.25) is 0 Å². The molecular weight excluding hydrogens is 158 g/mol. The van der Waals surface area contributed by atoms with E-state index in [9.17, 15) is 0 Å². The summed E-state index contributed by atoms with van der Waals surface area (Å²) in [4.78, 5) is 2.23. The highest BCUT2D eigenvalue weighted by molar-refractivity contribution is 7.75.